The van der Waals surface area contributed by atoms with Crippen LogP contribution in [0.1, 0.15) is 22.3 Å². The highest BCUT2D eigenvalue weighted by molar-refractivity contribution is 7.99. The van der Waals surface area contributed by atoms with Crippen LogP contribution in [0, 0.1) is 0 Å². The third kappa shape index (κ3) is 5.74. The van der Waals surface area contributed by atoms with Gasteiger partial charge in [0.15, 0.2) is 6.61 Å². The van der Waals surface area contributed by atoms with E-state index in [1.54, 1.807) is 30.0 Å². The van der Waals surface area contributed by atoms with Gasteiger partial charge < -0.3 is 20.3 Å². The summed E-state index contributed by atoms with van der Waals surface area (Å²) in [7, 11) is 3.92. The van der Waals surface area contributed by atoms with E-state index >= 15 is 0 Å². The molecule has 0 atom stereocenters. The lowest BCUT2D eigenvalue weighted by Crippen LogP contribution is -2.28. The molecule has 0 spiro atoms. The van der Waals surface area contributed by atoms with E-state index < -0.39 is 5.97 Å². The van der Waals surface area contributed by atoms with E-state index in [9.17, 15) is 14.4 Å². The molecule has 29 heavy (non-hydrogen) atoms. The summed E-state index contributed by atoms with van der Waals surface area (Å²) in [6.45, 7) is -0.0149. The lowest BCUT2D eigenvalue weighted by Gasteiger charge is -2.13. The Balaban J connectivity index is 1.50. The maximum atomic E-state index is 12.3. The first kappa shape index (κ1) is 20.7. The number of anilines is 2. The van der Waals surface area contributed by atoms with Gasteiger partial charge in [0.1, 0.15) is 0 Å². The number of thioether (sulfide) groups is 1. The van der Waals surface area contributed by atoms with E-state index in [-0.39, 0.29) is 18.4 Å². The molecule has 0 saturated heterocycles. The van der Waals surface area contributed by atoms with Crippen molar-refractivity contribution < 1.29 is 19.1 Å². The Morgan fingerprint density at radius 3 is 2.66 bits per heavy atom. The molecule has 0 fully saturated rings. The Hall–Kier alpha value is -3.00. The van der Waals surface area contributed by atoms with Gasteiger partial charge in [0.25, 0.3) is 5.91 Å². The quantitative estimate of drug-likeness (QED) is 0.708. The molecule has 0 saturated carbocycles. The molecule has 2 aromatic carbocycles. The van der Waals surface area contributed by atoms with Gasteiger partial charge in [-0.2, -0.15) is 0 Å². The SMILES string of the molecule is CN(C)c1ccc(CNC(=O)COC(=O)c2ccc3c(c2)NC(=O)CCS3)cc1. The molecule has 2 N–H and O–H groups in total. The Bertz CT molecular complexity index is 913. The van der Waals surface area contributed by atoms with E-state index in [0.29, 0.717) is 30.0 Å². The fourth-order valence-corrected chi connectivity index (χ4v) is 3.66. The largest absolute Gasteiger partial charge is 0.452 e. The summed E-state index contributed by atoms with van der Waals surface area (Å²) in [5.74, 6) is -0.379. The van der Waals surface area contributed by atoms with Crippen molar-refractivity contribution in [2.75, 3.05) is 36.7 Å². The van der Waals surface area contributed by atoms with Crippen LogP contribution < -0.4 is 15.5 Å². The molecule has 7 nitrogen and oxygen atoms in total. The minimum Gasteiger partial charge on any atom is -0.452 e. The molecule has 1 heterocycles. The van der Waals surface area contributed by atoms with Crippen LogP contribution in [-0.2, 0) is 20.9 Å². The van der Waals surface area contributed by atoms with Crippen molar-refractivity contribution in [1.29, 1.82) is 0 Å². The van der Waals surface area contributed by atoms with Crippen LogP contribution in [0.2, 0.25) is 0 Å². The number of nitrogens with zero attached hydrogens (tertiary/aromatic N) is 1. The van der Waals surface area contributed by atoms with Crippen LogP contribution in [0.15, 0.2) is 47.4 Å². The molecule has 2 amide bonds. The summed E-state index contributed by atoms with van der Waals surface area (Å²) in [6.07, 6.45) is 0.428. The van der Waals surface area contributed by atoms with Crippen molar-refractivity contribution in [3.8, 4) is 0 Å². The normalized spacial score (nSPS) is 13.0. The fraction of sp³-hybridized carbons (Fsp3) is 0.286. The maximum Gasteiger partial charge on any atom is 0.338 e. The lowest BCUT2D eigenvalue weighted by atomic mass is 10.2. The van der Waals surface area contributed by atoms with E-state index in [2.05, 4.69) is 10.6 Å². The van der Waals surface area contributed by atoms with E-state index in [1.807, 2.05) is 43.3 Å². The zero-order valence-corrected chi connectivity index (χ0v) is 17.2. The first-order valence-electron chi connectivity index (χ1n) is 9.19. The standard InChI is InChI=1S/C21H23N3O4S/c1-24(2)16-6-3-14(4-7-16)12-22-20(26)13-28-21(27)15-5-8-18-17(11-15)23-19(25)9-10-29-18/h3-8,11H,9-10,12-13H2,1-2H3,(H,22,26)(H,23,25). The molecule has 0 unspecified atom stereocenters. The van der Waals surface area contributed by atoms with Gasteiger partial charge in [0.05, 0.1) is 11.3 Å². The van der Waals surface area contributed by atoms with Crippen molar-refractivity contribution in [1.82, 2.24) is 5.32 Å². The number of amides is 2. The monoisotopic (exact) mass is 413 g/mol. The zero-order valence-electron chi connectivity index (χ0n) is 16.4. The first-order chi connectivity index (χ1) is 13.9. The van der Waals surface area contributed by atoms with Gasteiger partial charge in [0.2, 0.25) is 5.91 Å². The molecule has 1 aliphatic heterocycles. The van der Waals surface area contributed by atoms with Gasteiger partial charge in [-0.3, -0.25) is 9.59 Å². The molecule has 152 valence electrons. The maximum absolute atomic E-state index is 12.3. The number of hydrogen-bond donors (Lipinski definition) is 2. The van der Waals surface area contributed by atoms with Crippen LogP contribution in [0.25, 0.3) is 0 Å². The molecular weight excluding hydrogens is 390 g/mol. The Morgan fingerprint density at radius 1 is 1.17 bits per heavy atom. The molecule has 0 bridgehead atoms. The Kier molecular flexibility index (Phi) is 6.77. The molecule has 2 aromatic rings. The minimum absolute atomic E-state index is 0.0836. The number of fused-ring (bicyclic) bond motifs is 1. The predicted molar refractivity (Wildman–Crippen MR) is 113 cm³/mol. The molecule has 0 radical (unpaired) electrons. The van der Waals surface area contributed by atoms with Crippen LogP contribution >= 0.6 is 11.8 Å². The van der Waals surface area contributed by atoms with Gasteiger partial charge in [-0.25, -0.2) is 4.79 Å². The van der Waals surface area contributed by atoms with Crippen molar-refractivity contribution in [2.24, 2.45) is 0 Å². The summed E-state index contributed by atoms with van der Waals surface area (Å²) < 4.78 is 5.10. The number of esters is 1. The second kappa shape index (κ2) is 9.47. The zero-order chi connectivity index (χ0) is 20.8. The number of rotatable bonds is 6. The molecule has 0 aliphatic carbocycles. The van der Waals surface area contributed by atoms with Gasteiger partial charge in [-0.05, 0) is 35.9 Å². The number of benzene rings is 2. The van der Waals surface area contributed by atoms with Crippen LogP contribution in [0.5, 0.6) is 0 Å². The lowest BCUT2D eigenvalue weighted by molar-refractivity contribution is -0.124. The topological polar surface area (TPSA) is 87.7 Å². The summed E-state index contributed by atoms with van der Waals surface area (Å²) in [4.78, 5) is 38.8. The molecule has 3 rings (SSSR count). The Morgan fingerprint density at radius 2 is 1.93 bits per heavy atom. The number of hydrogen-bond acceptors (Lipinski definition) is 6. The summed E-state index contributed by atoms with van der Waals surface area (Å²) >= 11 is 1.56. The van der Waals surface area contributed by atoms with Crippen molar-refractivity contribution in [2.45, 2.75) is 17.9 Å². The van der Waals surface area contributed by atoms with E-state index in [1.165, 1.54) is 0 Å². The second-order valence-electron chi connectivity index (χ2n) is 6.77. The molecule has 1 aliphatic rings. The Labute approximate surface area is 173 Å². The van der Waals surface area contributed by atoms with Gasteiger partial charge in [-0.15, -0.1) is 11.8 Å². The minimum atomic E-state index is -0.609. The molecule has 8 heteroatoms. The smallest absolute Gasteiger partial charge is 0.338 e. The molecule has 0 aromatic heterocycles. The number of ether oxygens (including phenoxy) is 1. The third-order valence-corrected chi connectivity index (χ3v) is 5.43. The van der Waals surface area contributed by atoms with Crippen molar-refractivity contribution in [3.05, 3.63) is 53.6 Å². The van der Waals surface area contributed by atoms with Gasteiger partial charge >= 0.3 is 5.97 Å². The summed E-state index contributed by atoms with van der Waals surface area (Å²) in [5.41, 5.74) is 2.91. The summed E-state index contributed by atoms with van der Waals surface area (Å²) in [6, 6.07) is 12.8. The van der Waals surface area contributed by atoms with Crippen molar-refractivity contribution >= 4 is 40.9 Å². The van der Waals surface area contributed by atoms with Gasteiger partial charge in [-0.1, -0.05) is 12.1 Å². The number of carbonyl (C=O) groups excluding carboxylic acids is 3. The fourth-order valence-electron chi connectivity index (χ4n) is 2.72. The highest BCUT2D eigenvalue weighted by Gasteiger charge is 2.17. The average molecular weight is 413 g/mol. The van der Waals surface area contributed by atoms with E-state index in [0.717, 1.165) is 16.1 Å². The van der Waals surface area contributed by atoms with Crippen LogP contribution in [0.4, 0.5) is 11.4 Å². The molecular formula is C21H23N3O4S. The number of nitrogens with one attached hydrogen (secondary N) is 2. The van der Waals surface area contributed by atoms with Crippen LogP contribution in [-0.4, -0.2) is 44.2 Å². The van der Waals surface area contributed by atoms with Gasteiger partial charge in [0, 0.05) is 43.4 Å². The number of carbonyl (C=O) groups is 3. The predicted octanol–water partition coefficient (Wildman–Crippen LogP) is 2.66. The second-order valence-corrected chi connectivity index (χ2v) is 7.91. The van der Waals surface area contributed by atoms with E-state index in [4.69, 9.17) is 4.74 Å². The summed E-state index contributed by atoms with van der Waals surface area (Å²) in [5, 5.41) is 5.51. The highest BCUT2D eigenvalue weighted by Crippen LogP contribution is 2.31. The van der Waals surface area contributed by atoms with Crippen molar-refractivity contribution in [3.63, 3.8) is 0 Å². The first-order valence-corrected chi connectivity index (χ1v) is 10.2. The third-order valence-electron chi connectivity index (χ3n) is 4.35. The van der Waals surface area contributed by atoms with Crippen LogP contribution in [0.3, 0.4) is 0 Å². The highest BCUT2D eigenvalue weighted by atomic mass is 32.2. The average Bonchev–Trinajstić information content (AvgIpc) is 2.90.